The number of amides is 1. The van der Waals surface area contributed by atoms with Crippen molar-refractivity contribution in [1.82, 2.24) is 20.1 Å². The van der Waals surface area contributed by atoms with Crippen LogP contribution in [0.25, 0.3) is 0 Å². The van der Waals surface area contributed by atoms with Gasteiger partial charge in [-0.2, -0.15) is 0 Å². The Bertz CT molecular complexity index is 1020. The molecule has 1 aromatic heterocycles. The van der Waals surface area contributed by atoms with Crippen LogP contribution < -0.4 is 5.32 Å². The highest BCUT2D eigenvalue weighted by molar-refractivity contribution is 7.98. The SMILES string of the molecule is Cn1c(CNC(=O)c2ccc(Cl)cc2Cl)nnc1SCc1ccc(Cl)cc1Cl. The fraction of sp³-hybridized carbons (Fsp3) is 0.167. The average molecular weight is 476 g/mol. The summed E-state index contributed by atoms with van der Waals surface area (Å²) >= 11 is 25.5. The molecule has 0 unspecified atom stereocenters. The maximum atomic E-state index is 12.3. The van der Waals surface area contributed by atoms with Crippen molar-refractivity contribution in [3.8, 4) is 0 Å². The van der Waals surface area contributed by atoms with Crippen LogP contribution in [-0.2, 0) is 19.3 Å². The topological polar surface area (TPSA) is 59.8 Å². The van der Waals surface area contributed by atoms with Gasteiger partial charge < -0.3 is 9.88 Å². The summed E-state index contributed by atoms with van der Waals surface area (Å²) in [6.45, 7) is 0.212. The molecule has 0 fully saturated rings. The summed E-state index contributed by atoms with van der Waals surface area (Å²) in [6.07, 6.45) is 0. The molecule has 28 heavy (non-hydrogen) atoms. The number of rotatable bonds is 6. The second kappa shape index (κ2) is 9.37. The summed E-state index contributed by atoms with van der Waals surface area (Å²) in [4.78, 5) is 12.3. The normalized spacial score (nSPS) is 10.9. The highest BCUT2D eigenvalue weighted by Crippen LogP contribution is 2.28. The molecule has 0 saturated heterocycles. The number of nitrogens with one attached hydrogen (secondary N) is 1. The number of benzene rings is 2. The van der Waals surface area contributed by atoms with Crippen molar-refractivity contribution in [3.05, 3.63) is 73.4 Å². The molecule has 5 nitrogen and oxygen atoms in total. The minimum atomic E-state index is -0.313. The second-order valence-corrected chi connectivity index (χ2v) is 8.42. The molecule has 0 aliphatic heterocycles. The Balaban J connectivity index is 1.62. The van der Waals surface area contributed by atoms with E-state index in [0.717, 1.165) is 5.56 Å². The lowest BCUT2D eigenvalue weighted by Crippen LogP contribution is -2.24. The molecule has 1 N–H and O–H groups in total. The van der Waals surface area contributed by atoms with Crippen LogP contribution in [-0.4, -0.2) is 20.7 Å². The maximum absolute atomic E-state index is 12.3. The van der Waals surface area contributed by atoms with Gasteiger partial charge in [0.05, 0.1) is 17.1 Å². The Hall–Kier alpha value is -1.44. The Morgan fingerprint density at radius 3 is 2.39 bits per heavy atom. The molecule has 2 aromatic carbocycles. The molecular weight excluding hydrogens is 462 g/mol. The van der Waals surface area contributed by atoms with Crippen molar-refractivity contribution in [1.29, 1.82) is 0 Å². The minimum absolute atomic E-state index is 0.212. The molecule has 1 amide bonds. The first-order chi connectivity index (χ1) is 13.3. The minimum Gasteiger partial charge on any atom is -0.345 e. The van der Waals surface area contributed by atoms with Crippen molar-refractivity contribution in [2.45, 2.75) is 17.5 Å². The zero-order valence-corrected chi connectivity index (χ0v) is 18.4. The number of aromatic nitrogens is 3. The summed E-state index contributed by atoms with van der Waals surface area (Å²) < 4.78 is 1.82. The van der Waals surface area contributed by atoms with Gasteiger partial charge in [-0.25, -0.2) is 0 Å². The third-order valence-electron chi connectivity index (χ3n) is 3.88. The smallest absolute Gasteiger partial charge is 0.253 e. The largest absolute Gasteiger partial charge is 0.345 e. The molecule has 3 rings (SSSR count). The molecule has 0 radical (unpaired) electrons. The Morgan fingerprint density at radius 2 is 1.71 bits per heavy atom. The molecule has 3 aromatic rings. The number of carbonyl (C=O) groups excluding carboxylic acids is 1. The van der Waals surface area contributed by atoms with Crippen molar-refractivity contribution < 1.29 is 4.79 Å². The number of thioether (sulfide) groups is 1. The fourth-order valence-corrected chi connectivity index (χ4v) is 4.32. The van der Waals surface area contributed by atoms with Crippen LogP contribution in [0.15, 0.2) is 41.6 Å². The van der Waals surface area contributed by atoms with Crippen molar-refractivity contribution in [2.24, 2.45) is 7.05 Å². The molecule has 0 atom stereocenters. The van der Waals surface area contributed by atoms with Gasteiger partial charge >= 0.3 is 0 Å². The number of halogens is 4. The van der Waals surface area contributed by atoms with Crippen LogP contribution in [0, 0.1) is 0 Å². The average Bonchev–Trinajstić information content (AvgIpc) is 2.99. The summed E-state index contributed by atoms with van der Waals surface area (Å²) in [5.41, 5.74) is 1.30. The Labute approximate surface area is 186 Å². The van der Waals surface area contributed by atoms with Crippen molar-refractivity contribution in [2.75, 3.05) is 0 Å². The maximum Gasteiger partial charge on any atom is 0.253 e. The van der Waals surface area contributed by atoms with E-state index in [2.05, 4.69) is 15.5 Å². The molecule has 1 heterocycles. The van der Waals surface area contributed by atoms with E-state index in [1.807, 2.05) is 17.7 Å². The number of carbonyl (C=O) groups is 1. The lowest BCUT2D eigenvalue weighted by molar-refractivity contribution is 0.0949. The molecule has 0 bridgehead atoms. The van der Waals surface area contributed by atoms with Gasteiger partial charge in [0.15, 0.2) is 11.0 Å². The van der Waals surface area contributed by atoms with Gasteiger partial charge in [0.1, 0.15) is 0 Å². The molecule has 146 valence electrons. The molecule has 0 spiro atoms. The van der Waals surface area contributed by atoms with E-state index in [-0.39, 0.29) is 12.5 Å². The third kappa shape index (κ3) is 5.13. The number of hydrogen-bond acceptors (Lipinski definition) is 4. The highest BCUT2D eigenvalue weighted by Gasteiger charge is 2.14. The van der Waals surface area contributed by atoms with Crippen LogP contribution in [0.4, 0.5) is 0 Å². The van der Waals surface area contributed by atoms with Gasteiger partial charge in [0.25, 0.3) is 5.91 Å². The Kier molecular flexibility index (Phi) is 7.12. The lowest BCUT2D eigenvalue weighted by atomic mass is 10.2. The predicted octanol–water partition coefficient (Wildman–Crippen LogP) is 5.65. The van der Waals surface area contributed by atoms with Gasteiger partial charge in [-0.3, -0.25) is 4.79 Å². The van der Waals surface area contributed by atoms with E-state index in [4.69, 9.17) is 46.4 Å². The Morgan fingerprint density at radius 1 is 1.04 bits per heavy atom. The summed E-state index contributed by atoms with van der Waals surface area (Å²) in [6, 6.07) is 10.1. The van der Waals surface area contributed by atoms with E-state index in [9.17, 15) is 4.79 Å². The van der Waals surface area contributed by atoms with E-state index in [1.54, 1.807) is 24.3 Å². The standard InChI is InChI=1S/C18H14Cl4N4OS/c1-26-16(8-23-17(27)13-5-4-12(20)7-15(13)22)24-25-18(26)28-9-10-2-3-11(19)6-14(10)21/h2-7H,8-9H2,1H3,(H,23,27). The monoisotopic (exact) mass is 474 g/mol. The molecule has 0 aliphatic rings. The first-order valence-electron chi connectivity index (χ1n) is 8.03. The van der Waals surface area contributed by atoms with Crippen LogP contribution in [0.1, 0.15) is 21.7 Å². The van der Waals surface area contributed by atoms with Crippen LogP contribution in [0.3, 0.4) is 0 Å². The van der Waals surface area contributed by atoms with Gasteiger partial charge in [0.2, 0.25) is 0 Å². The number of nitrogens with zero attached hydrogens (tertiary/aromatic N) is 3. The second-order valence-electron chi connectivity index (χ2n) is 5.79. The first-order valence-corrected chi connectivity index (χ1v) is 10.5. The first kappa shape index (κ1) is 21.3. The zero-order valence-electron chi connectivity index (χ0n) is 14.5. The zero-order chi connectivity index (χ0) is 20.3. The van der Waals surface area contributed by atoms with Gasteiger partial charge in [-0.1, -0.05) is 64.2 Å². The van der Waals surface area contributed by atoms with Gasteiger partial charge in [0, 0.05) is 27.9 Å². The third-order valence-corrected chi connectivity index (χ3v) is 6.08. The van der Waals surface area contributed by atoms with Crippen LogP contribution in [0.2, 0.25) is 20.1 Å². The van der Waals surface area contributed by atoms with Crippen LogP contribution >= 0.6 is 58.2 Å². The highest BCUT2D eigenvalue weighted by atomic mass is 35.5. The quantitative estimate of drug-likeness (QED) is 0.468. The van der Waals surface area contributed by atoms with E-state index >= 15 is 0 Å². The van der Waals surface area contributed by atoms with Gasteiger partial charge in [-0.15, -0.1) is 10.2 Å². The predicted molar refractivity (Wildman–Crippen MR) is 115 cm³/mol. The fourth-order valence-electron chi connectivity index (χ4n) is 2.33. The van der Waals surface area contributed by atoms with E-state index in [1.165, 1.54) is 17.8 Å². The lowest BCUT2D eigenvalue weighted by Gasteiger charge is -2.08. The molecule has 0 aliphatic carbocycles. The summed E-state index contributed by atoms with van der Waals surface area (Å²) in [5.74, 6) is 0.921. The summed E-state index contributed by atoms with van der Waals surface area (Å²) in [5, 5.41) is 13.8. The van der Waals surface area contributed by atoms with Crippen molar-refractivity contribution in [3.63, 3.8) is 0 Å². The van der Waals surface area contributed by atoms with Gasteiger partial charge in [-0.05, 0) is 35.9 Å². The molecular formula is C18H14Cl4N4OS. The van der Waals surface area contributed by atoms with E-state index < -0.39 is 0 Å². The number of hydrogen-bond donors (Lipinski definition) is 1. The molecule has 0 saturated carbocycles. The van der Waals surface area contributed by atoms with E-state index in [0.29, 0.717) is 42.4 Å². The van der Waals surface area contributed by atoms with Crippen LogP contribution in [0.5, 0.6) is 0 Å². The molecule has 10 heteroatoms. The summed E-state index contributed by atoms with van der Waals surface area (Å²) in [7, 11) is 1.84. The van der Waals surface area contributed by atoms with Crippen molar-refractivity contribution >= 4 is 64.1 Å².